The lowest BCUT2D eigenvalue weighted by Crippen LogP contribution is -2.03. The van der Waals surface area contributed by atoms with Crippen LogP contribution in [0.1, 0.15) is 10.4 Å². The van der Waals surface area contributed by atoms with E-state index in [1.165, 1.54) is 0 Å². The van der Waals surface area contributed by atoms with Crippen molar-refractivity contribution in [1.82, 2.24) is 0 Å². The second kappa shape index (κ2) is 4.74. The van der Waals surface area contributed by atoms with Gasteiger partial charge in [-0.05, 0) is 23.3 Å². The largest absolute Gasteiger partial charge is 0.478 e. The van der Waals surface area contributed by atoms with Gasteiger partial charge in [-0.1, -0.05) is 36.4 Å². The Morgan fingerprint density at radius 3 is 2.35 bits per heavy atom. The van der Waals surface area contributed by atoms with E-state index in [-0.39, 0.29) is 5.56 Å². The molecule has 0 aliphatic rings. The first kappa shape index (κ1) is 11.3. The molecule has 0 fully saturated rings. The summed E-state index contributed by atoms with van der Waals surface area (Å²) in [6, 6.07) is 14.7. The molecule has 0 atom stereocenters. The number of hydrogen-bond donors (Lipinski definition) is 2. The minimum absolute atomic E-state index is 0.159. The molecule has 0 unspecified atom stereocenters. The topological polar surface area (TPSA) is 49.3 Å². The summed E-state index contributed by atoms with van der Waals surface area (Å²) in [4.78, 5) is 10.9. The Bertz CT molecular complexity index is 540. The van der Waals surface area contributed by atoms with Crippen LogP contribution < -0.4 is 5.23 Å². The predicted molar refractivity (Wildman–Crippen MR) is 68.2 cm³/mol. The lowest BCUT2D eigenvalue weighted by atomic mass is 10.0. The molecule has 17 heavy (non-hydrogen) atoms. The summed E-state index contributed by atoms with van der Waals surface area (Å²) < 4.78 is 0. The maximum Gasteiger partial charge on any atom is 0.337 e. The molecule has 0 spiro atoms. The number of benzene rings is 2. The van der Waals surface area contributed by atoms with Gasteiger partial charge in [0.15, 0.2) is 0 Å². The quantitative estimate of drug-likeness (QED) is 0.786. The summed E-state index contributed by atoms with van der Waals surface area (Å²) >= 11 is 0. The Morgan fingerprint density at radius 2 is 1.76 bits per heavy atom. The molecule has 2 rings (SSSR count). The van der Waals surface area contributed by atoms with Crippen molar-refractivity contribution in [3.8, 4) is 11.1 Å². The van der Waals surface area contributed by atoms with Crippen molar-refractivity contribution < 1.29 is 9.90 Å². The van der Waals surface area contributed by atoms with E-state index in [1.54, 1.807) is 18.2 Å². The van der Waals surface area contributed by atoms with Crippen LogP contribution in [-0.4, -0.2) is 19.1 Å². The van der Waals surface area contributed by atoms with Gasteiger partial charge in [0.05, 0.1) is 5.56 Å². The lowest BCUT2D eigenvalue weighted by molar-refractivity contribution is 0.0698. The fourth-order valence-corrected chi connectivity index (χ4v) is 1.66. The fourth-order valence-electron chi connectivity index (χ4n) is 1.66. The molecule has 2 aromatic carbocycles. The molecule has 4 heteroatoms. The summed E-state index contributed by atoms with van der Waals surface area (Å²) in [6.07, 6.45) is 0. The summed E-state index contributed by atoms with van der Waals surface area (Å²) in [7, 11) is 5.32. The van der Waals surface area contributed by atoms with Crippen LogP contribution in [0.25, 0.3) is 11.1 Å². The molecule has 0 heterocycles. The van der Waals surface area contributed by atoms with E-state index in [1.807, 2.05) is 30.3 Å². The third kappa shape index (κ3) is 2.31. The van der Waals surface area contributed by atoms with Crippen LogP contribution in [-0.2, 0) is 0 Å². The Morgan fingerprint density at radius 1 is 1.06 bits per heavy atom. The third-order valence-corrected chi connectivity index (χ3v) is 2.51. The monoisotopic (exact) mass is 223 g/mol. The van der Waals surface area contributed by atoms with Gasteiger partial charge < -0.3 is 10.3 Å². The first-order chi connectivity index (χ1) is 8.22. The van der Waals surface area contributed by atoms with Crippen molar-refractivity contribution in [1.29, 1.82) is 0 Å². The van der Waals surface area contributed by atoms with Crippen LogP contribution in [0, 0.1) is 0 Å². The summed E-state index contributed by atoms with van der Waals surface area (Å²) in [5.41, 5.74) is 2.50. The van der Waals surface area contributed by atoms with Crippen LogP contribution >= 0.6 is 0 Å². The smallest absolute Gasteiger partial charge is 0.337 e. The van der Waals surface area contributed by atoms with Crippen molar-refractivity contribution in [2.24, 2.45) is 0 Å². The second-order valence-corrected chi connectivity index (χ2v) is 3.58. The minimum atomic E-state index is -1.00. The van der Waals surface area contributed by atoms with Gasteiger partial charge >= 0.3 is 5.97 Å². The van der Waals surface area contributed by atoms with E-state index < -0.39 is 5.97 Å². The van der Waals surface area contributed by atoms with Crippen LogP contribution in [0.15, 0.2) is 48.5 Å². The fraction of sp³-hybridized carbons (Fsp3) is 0. The molecule has 2 radical (unpaired) electrons. The van der Waals surface area contributed by atoms with E-state index >= 15 is 0 Å². The number of anilines is 1. The number of rotatable bonds is 3. The van der Waals surface area contributed by atoms with Crippen molar-refractivity contribution in [2.75, 3.05) is 5.23 Å². The maximum atomic E-state index is 10.9. The molecule has 0 saturated carbocycles. The van der Waals surface area contributed by atoms with Crippen LogP contribution in [0.2, 0.25) is 0 Å². The SMILES string of the molecule is [B]Nc1cc(-c2ccccc2)ccc1C(=O)O. The van der Waals surface area contributed by atoms with Gasteiger partial charge in [-0.2, -0.15) is 0 Å². The van der Waals surface area contributed by atoms with Gasteiger partial charge in [-0.15, -0.1) is 0 Å². The maximum absolute atomic E-state index is 10.9. The van der Waals surface area contributed by atoms with Crippen LogP contribution in [0.5, 0.6) is 0 Å². The van der Waals surface area contributed by atoms with Crippen molar-refractivity contribution in [3.05, 3.63) is 54.1 Å². The zero-order valence-electron chi connectivity index (χ0n) is 9.05. The molecular formula is C13H10BNO2. The molecule has 3 nitrogen and oxygen atoms in total. The molecule has 0 bridgehead atoms. The highest BCUT2D eigenvalue weighted by Crippen LogP contribution is 2.25. The summed E-state index contributed by atoms with van der Waals surface area (Å²) in [6.45, 7) is 0. The number of carboxylic acids is 1. The lowest BCUT2D eigenvalue weighted by Gasteiger charge is -2.08. The van der Waals surface area contributed by atoms with E-state index in [0.29, 0.717) is 5.69 Å². The highest BCUT2D eigenvalue weighted by atomic mass is 16.4. The highest BCUT2D eigenvalue weighted by molar-refractivity contribution is 6.17. The van der Waals surface area contributed by atoms with Gasteiger partial charge in [0, 0.05) is 5.69 Å². The molecule has 0 aromatic heterocycles. The van der Waals surface area contributed by atoms with Gasteiger partial charge in [0.25, 0.3) is 0 Å². The number of aromatic carboxylic acids is 1. The molecule has 0 amide bonds. The van der Waals surface area contributed by atoms with E-state index in [0.717, 1.165) is 11.1 Å². The summed E-state index contributed by atoms with van der Waals surface area (Å²) in [5, 5.41) is 11.4. The van der Waals surface area contributed by atoms with E-state index in [4.69, 9.17) is 13.1 Å². The van der Waals surface area contributed by atoms with Crippen molar-refractivity contribution >= 4 is 19.6 Å². The predicted octanol–water partition coefficient (Wildman–Crippen LogP) is 2.55. The zero-order chi connectivity index (χ0) is 12.3. The number of hydrogen-bond acceptors (Lipinski definition) is 2. The standard InChI is InChI=1S/C13H10BNO2/c14-15-12-8-10(6-7-11(12)13(16)17)9-4-2-1-3-5-9/h1-8,15H,(H,16,17). The normalized spacial score (nSPS) is 9.88. The number of carboxylic acid groups (broad SMARTS) is 1. The Labute approximate surface area is 101 Å². The molecular weight excluding hydrogens is 213 g/mol. The van der Waals surface area contributed by atoms with E-state index in [9.17, 15) is 4.79 Å². The van der Waals surface area contributed by atoms with Crippen LogP contribution in [0.4, 0.5) is 5.69 Å². The summed E-state index contributed by atoms with van der Waals surface area (Å²) in [5.74, 6) is -1.00. The van der Waals surface area contributed by atoms with Crippen LogP contribution in [0.3, 0.4) is 0 Å². The third-order valence-electron chi connectivity index (χ3n) is 2.51. The Hall–Kier alpha value is -2.23. The Kier molecular flexibility index (Phi) is 3.14. The highest BCUT2D eigenvalue weighted by Gasteiger charge is 2.09. The first-order valence-corrected chi connectivity index (χ1v) is 5.12. The molecule has 2 aromatic rings. The van der Waals surface area contributed by atoms with Gasteiger partial charge in [-0.25, -0.2) is 4.79 Å². The molecule has 0 aliphatic carbocycles. The molecule has 82 valence electrons. The van der Waals surface area contributed by atoms with Crippen molar-refractivity contribution in [3.63, 3.8) is 0 Å². The molecule has 0 aliphatic heterocycles. The van der Waals surface area contributed by atoms with Gasteiger partial charge in [0.2, 0.25) is 7.98 Å². The minimum Gasteiger partial charge on any atom is -0.478 e. The number of carbonyl (C=O) groups is 1. The molecule has 2 N–H and O–H groups in total. The Balaban J connectivity index is 2.49. The molecule has 0 saturated heterocycles. The first-order valence-electron chi connectivity index (χ1n) is 5.12. The zero-order valence-corrected chi connectivity index (χ0v) is 9.05. The van der Waals surface area contributed by atoms with Gasteiger partial charge in [-0.3, -0.25) is 0 Å². The van der Waals surface area contributed by atoms with Crippen molar-refractivity contribution in [2.45, 2.75) is 0 Å². The van der Waals surface area contributed by atoms with Gasteiger partial charge in [0.1, 0.15) is 0 Å². The number of nitrogens with one attached hydrogen (secondary N) is 1. The average Bonchev–Trinajstić information content (AvgIpc) is 2.39. The van der Waals surface area contributed by atoms with E-state index in [2.05, 4.69) is 5.23 Å². The second-order valence-electron chi connectivity index (χ2n) is 3.58. The average molecular weight is 223 g/mol.